The van der Waals surface area contributed by atoms with Crippen molar-refractivity contribution in [1.82, 2.24) is 25.1 Å². The first-order chi connectivity index (χ1) is 14.8. The number of nitrogens with zero attached hydrogens (tertiary/aromatic N) is 4. The molecule has 2 aromatic heterocycles. The number of carbonyl (C=O) groups is 2. The normalized spacial score (nSPS) is 11.9. The lowest BCUT2D eigenvalue weighted by molar-refractivity contribution is -0.115. The average Bonchev–Trinajstić information content (AvgIpc) is 3.33. The Kier molecular flexibility index (Phi) is 7.93. The van der Waals surface area contributed by atoms with E-state index in [0.717, 1.165) is 5.69 Å². The lowest BCUT2D eigenvalue weighted by atomic mass is 10.2. The number of rotatable bonds is 8. The van der Waals surface area contributed by atoms with Crippen LogP contribution in [0.1, 0.15) is 35.7 Å². The molecule has 2 amide bonds. The highest BCUT2D eigenvalue weighted by atomic mass is 35.5. The highest BCUT2D eigenvalue weighted by Crippen LogP contribution is 2.25. The summed E-state index contributed by atoms with van der Waals surface area (Å²) in [6.07, 6.45) is 0. The molecular weight excluding hydrogens is 479 g/mol. The third-order valence-corrected chi connectivity index (χ3v) is 6.89. The number of thioether (sulfide) groups is 1. The Morgan fingerprint density at radius 1 is 1.26 bits per heavy atom. The van der Waals surface area contributed by atoms with Crippen LogP contribution in [-0.2, 0) is 17.9 Å². The molecule has 31 heavy (non-hydrogen) atoms. The van der Waals surface area contributed by atoms with E-state index in [0.29, 0.717) is 38.3 Å². The molecule has 0 aliphatic rings. The monoisotopic (exact) mass is 498 g/mol. The van der Waals surface area contributed by atoms with Gasteiger partial charge in [0.25, 0.3) is 5.91 Å². The number of hydrogen-bond acceptors (Lipinski definition) is 7. The summed E-state index contributed by atoms with van der Waals surface area (Å²) in [7, 11) is 0. The van der Waals surface area contributed by atoms with Gasteiger partial charge in [0.15, 0.2) is 16.1 Å². The van der Waals surface area contributed by atoms with Crippen molar-refractivity contribution >= 4 is 63.2 Å². The van der Waals surface area contributed by atoms with Crippen LogP contribution >= 0.6 is 46.3 Å². The van der Waals surface area contributed by atoms with Gasteiger partial charge in [-0.25, -0.2) is 4.98 Å². The van der Waals surface area contributed by atoms with Crippen molar-refractivity contribution in [3.8, 4) is 0 Å². The molecule has 0 bridgehead atoms. The van der Waals surface area contributed by atoms with Crippen molar-refractivity contribution in [2.45, 2.75) is 44.3 Å². The third kappa shape index (κ3) is 5.97. The quantitative estimate of drug-likeness (QED) is 0.445. The Bertz CT molecular complexity index is 1100. The van der Waals surface area contributed by atoms with Gasteiger partial charge < -0.3 is 15.2 Å². The molecule has 0 saturated heterocycles. The van der Waals surface area contributed by atoms with E-state index in [-0.39, 0.29) is 18.4 Å². The molecular formula is C19H20Cl2N6O2S2. The second-order valence-electron chi connectivity index (χ2n) is 6.50. The topological polar surface area (TPSA) is 102 Å². The van der Waals surface area contributed by atoms with E-state index in [4.69, 9.17) is 23.2 Å². The first-order valence-corrected chi connectivity index (χ1v) is 11.8. The summed E-state index contributed by atoms with van der Waals surface area (Å²) in [4.78, 5) is 29.1. The summed E-state index contributed by atoms with van der Waals surface area (Å²) >= 11 is 14.5. The highest BCUT2D eigenvalue weighted by molar-refractivity contribution is 8.00. The van der Waals surface area contributed by atoms with Gasteiger partial charge in [0, 0.05) is 17.5 Å². The number of anilines is 1. The largest absolute Gasteiger partial charge is 0.345 e. The minimum Gasteiger partial charge on any atom is -0.345 e. The van der Waals surface area contributed by atoms with Crippen LogP contribution < -0.4 is 10.6 Å². The molecule has 1 unspecified atom stereocenters. The van der Waals surface area contributed by atoms with Gasteiger partial charge in [-0.2, -0.15) is 0 Å². The summed E-state index contributed by atoms with van der Waals surface area (Å²) in [6, 6.07) is 4.68. The molecule has 0 aliphatic carbocycles. The zero-order chi connectivity index (χ0) is 22.5. The van der Waals surface area contributed by atoms with Gasteiger partial charge >= 0.3 is 0 Å². The Morgan fingerprint density at radius 2 is 2.03 bits per heavy atom. The van der Waals surface area contributed by atoms with Crippen LogP contribution in [0.25, 0.3) is 0 Å². The second-order valence-corrected chi connectivity index (χ2v) is 9.48. The van der Waals surface area contributed by atoms with Crippen LogP contribution in [0.5, 0.6) is 0 Å². The minimum atomic E-state index is -0.405. The van der Waals surface area contributed by atoms with E-state index in [1.54, 1.807) is 19.1 Å². The first kappa shape index (κ1) is 23.5. The molecule has 8 nitrogen and oxygen atoms in total. The molecule has 2 heterocycles. The van der Waals surface area contributed by atoms with E-state index in [2.05, 4.69) is 25.8 Å². The number of halogens is 2. The zero-order valence-electron chi connectivity index (χ0n) is 17.0. The van der Waals surface area contributed by atoms with Gasteiger partial charge in [-0.15, -0.1) is 21.5 Å². The molecule has 1 aromatic carbocycles. The van der Waals surface area contributed by atoms with Gasteiger partial charge in [-0.05, 0) is 39.0 Å². The number of aryl methyl sites for hydroxylation is 1. The molecule has 0 fully saturated rings. The molecule has 0 saturated carbocycles. The van der Waals surface area contributed by atoms with Gasteiger partial charge in [0.05, 0.1) is 27.5 Å². The summed E-state index contributed by atoms with van der Waals surface area (Å²) < 4.78 is 1.86. The Hall–Kier alpha value is -2.14. The fourth-order valence-electron chi connectivity index (χ4n) is 2.58. The molecule has 0 spiro atoms. The van der Waals surface area contributed by atoms with Crippen molar-refractivity contribution in [2.75, 3.05) is 5.32 Å². The predicted molar refractivity (Wildman–Crippen MR) is 124 cm³/mol. The van der Waals surface area contributed by atoms with E-state index in [1.165, 1.54) is 29.2 Å². The number of nitrogens with one attached hydrogen (secondary N) is 2. The second kappa shape index (κ2) is 10.4. The van der Waals surface area contributed by atoms with E-state index in [1.807, 2.05) is 23.8 Å². The van der Waals surface area contributed by atoms with Crippen LogP contribution in [0.2, 0.25) is 10.0 Å². The summed E-state index contributed by atoms with van der Waals surface area (Å²) in [5, 5.41) is 17.3. The maximum atomic E-state index is 12.5. The fourth-order valence-corrected chi connectivity index (χ4v) is 4.50. The summed E-state index contributed by atoms with van der Waals surface area (Å²) in [5.41, 5.74) is 1.26. The predicted octanol–water partition coefficient (Wildman–Crippen LogP) is 4.42. The number of carbonyl (C=O) groups excluding carboxylic acids is 2. The lowest BCUT2D eigenvalue weighted by Gasteiger charge is -2.12. The maximum absolute atomic E-state index is 12.5. The van der Waals surface area contributed by atoms with Crippen molar-refractivity contribution in [2.24, 2.45) is 0 Å². The minimum absolute atomic E-state index is 0.167. The van der Waals surface area contributed by atoms with Crippen molar-refractivity contribution in [3.63, 3.8) is 0 Å². The van der Waals surface area contributed by atoms with Gasteiger partial charge in [0.2, 0.25) is 5.91 Å². The number of amides is 2. The number of benzene rings is 1. The zero-order valence-corrected chi connectivity index (χ0v) is 20.1. The SMILES string of the molecule is CCn1c(CNC(=O)c2ccc(Cl)c(Cl)c2)nnc1SC(C)C(=O)Nc1nc(C)cs1. The standard InChI is InChI=1S/C19H20Cl2N6O2S2/c1-4-27-15(8-22-17(29)12-5-6-13(20)14(21)7-12)25-26-19(27)31-11(3)16(28)24-18-23-10(2)9-30-18/h5-7,9,11H,4,8H2,1-3H3,(H,22,29)(H,23,24,28). The van der Waals surface area contributed by atoms with Gasteiger partial charge in [-0.1, -0.05) is 35.0 Å². The fraction of sp³-hybridized carbons (Fsp3) is 0.316. The molecule has 3 rings (SSSR count). The first-order valence-electron chi connectivity index (χ1n) is 9.33. The van der Waals surface area contributed by atoms with Crippen molar-refractivity contribution in [3.05, 3.63) is 50.7 Å². The van der Waals surface area contributed by atoms with Crippen LogP contribution in [0.3, 0.4) is 0 Å². The Balaban J connectivity index is 1.62. The maximum Gasteiger partial charge on any atom is 0.251 e. The summed E-state index contributed by atoms with van der Waals surface area (Å²) in [6.45, 7) is 6.38. The highest BCUT2D eigenvalue weighted by Gasteiger charge is 2.21. The molecule has 1 atom stereocenters. The van der Waals surface area contributed by atoms with Crippen molar-refractivity contribution < 1.29 is 9.59 Å². The van der Waals surface area contributed by atoms with Crippen LogP contribution in [0.4, 0.5) is 5.13 Å². The van der Waals surface area contributed by atoms with Gasteiger partial charge in [-0.3, -0.25) is 9.59 Å². The molecule has 164 valence electrons. The average molecular weight is 499 g/mol. The van der Waals surface area contributed by atoms with E-state index < -0.39 is 5.25 Å². The Morgan fingerprint density at radius 3 is 2.68 bits per heavy atom. The molecule has 2 N–H and O–H groups in total. The molecule has 12 heteroatoms. The van der Waals surface area contributed by atoms with Crippen LogP contribution in [-0.4, -0.2) is 36.8 Å². The third-order valence-electron chi connectivity index (χ3n) is 4.20. The van der Waals surface area contributed by atoms with E-state index in [9.17, 15) is 9.59 Å². The smallest absolute Gasteiger partial charge is 0.251 e. The Labute approximate surface area is 197 Å². The number of aromatic nitrogens is 4. The van der Waals surface area contributed by atoms with Crippen molar-refractivity contribution in [1.29, 1.82) is 0 Å². The number of hydrogen-bond donors (Lipinski definition) is 2. The van der Waals surface area contributed by atoms with Crippen LogP contribution in [0, 0.1) is 6.92 Å². The van der Waals surface area contributed by atoms with Gasteiger partial charge in [0.1, 0.15) is 0 Å². The lowest BCUT2D eigenvalue weighted by Crippen LogP contribution is -2.25. The summed E-state index contributed by atoms with van der Waals surface area (Å²) in [5.74, 6) is 0.117. The molecule has 0 aliphatic heterocycles. The molecule has 3 aromatic rings. The van der Waals surface area contributed by atoms with Crippen LogP contribution in [0.15, 0.2) is 28.7 Å². The molecule has 0 radical (unpaired) electrons. The number of thiazole rings is 1. The van der Waals surface area contributed by atoms with E-state index >= 15 is 0 Å².